The molecule has 1 aromatic carbocycles. The largest absolute Gasteiger partial charge is 0.347 e. The fourth-order valence-corrected chi connectivity index (χ4v) is 2.20. The Labute approximate surface area is 131 Å². The number of benzene rings is 1. The molecule has 0 bridgehead atoms. The van der Waals surface area contributed by atoms with E-state index in [-0.39, 0.29) is 18.4 Å². The van der Waals surface area contributed by atoms with E-state index in [4.69, 9.17) is 11.6 Å². The molecule has 6 heteroatoms. The van der Waals surface area contributed by atoms with Crippen LogP contribution in [-0.2, 0) is 4.79 Å². The van der Waals surface area contributed by atoms with Gasteiger partial charge >= 0.3 is 0 Å². The average molecular weight is 395 g/mol. The summed E-state index contributed by atoms with van der Waals surface area (Å²) < 4.78 is 0.822. The van der Waals surface area contributed by atoms with Gasteiger partial charge in [0.25, 0.3) is 5.91 Å². The molecular formula is C13H16ClIN2O2. The zero-order valence-electron chi connectivity index (χ0n) is 11.1. The van der Waals surface area contributed by atoms with Crippen molar-refractivity contribution >= 4 is 46.0 Å². The van der Waals surface area contributed by atoms with Crippen molar-refractivity contribution in [1.82, 2.24) is 9.80 Å². The Balaban J connectivity index is 2.95. The number of hydrogen-bond acceptors (Lipinski definition) is 2. The molecule has 19 heavy (non-hydrogen) atoms. The van der Waals surface area contributed by atoms with Crippen molar-refractivity contribution in [2.75, 3.05) is 27.2 Å². The highest BCUT2D eigenvalue weighted by molar-refractivity contribution is 14.1. The molecule has 0 aliphatic heterocycles. The number of nitrogens with zero attached hydrogens (tertiary/aromatic N) is 2. The van der Waals surface area contributed by atoms with E-state index in [1.165, 1.54) is 9.80 Å². The number of halogens is 2. The van der Waals surface area contributed by atoms with Crippen molar-refractivity contribution < 1.29 is 9.59 Å². The van der Waals surface area contributed by atoms with Crippen molar-refractivity contribution in [3.8, 4) is 0 Å². The van der Waals surface area contributed by atoms with E-state index in [1.807, 2.05) is 6.92 Å². The molecule has 0 fully saturated rings. The van der Waals surface area contributed by atoms with Gasteiger partial charge in [0, 0.05) is 29.2 Å². The Morgan fingerprint density at radius 3 is 2.47 bits per heavy atom. The number of rotatable bonds is 4. The van der Waals surface area contributed by atoms with E-state index in [0.717, 1.165) is 3.57 Å². The number of amides is 2. The molecule has 1 rings (SSSR count). The molecule has 1 aromatic rings. The topological polar surface area (TPSA) is 40.6 Å². The van der Waals surface area contributed by atoms with Crippen molar-refractivity contribution in [3.63, 3.8) is 0 Å². The second-order valence-corrected chi connectivity index (χ2v) is 5.83. The van der Waals surface area contributed by atoms with Crippen LogP contribution in [0.15, 0.2) is 18.2 Å². The second-order valence-electron chi connectivity index (χ2n) is 4.23. The van der Waals surface area contributed by atoms with Gasteiger partial charge in [-0.15, -0.1) is 0 Å². The molecule has 0 N–H and O–H groups in total. The summed E-state index contributed by atoms with van der Waals surface area (Å²) in [4.78, 5) is 27.1. The Hall–Kier alpha value is -0.820. The zero-order valence-corrected chi connectivity index (χ0v) is 14.0. The van der Waals surface area contributed by atoms with Gasteiger partial charge in [-0.25, -0.2) is 0 Å². The third kappa shape index (κ3) is 4.35. The van der Waals surface area contributed by atoms with Crippen LogP contribution < -0.4 is 0 Å². The van der Waals surface area contributed by atoms with Gasteiger partial charge in [0.15, 0.2) is 0 Å². The molecule has 0 radical (unpaired) electrons. The van der Waals surface area contributed by atoms with Crippen LogP contribution in [0.2, 0.25) is 5.02 Å². The van der Waals surface area contributed by atoms with Crippen LogP contribution in [-0.4, -0.2) is 48.8 Å². The van der Waals surface area contributed by atoms with Crippen molar-refractivity contribution in [1.29, 1.82) is 0 Å². The normalized spacial score (nSPS) is 10.2. The molecule has 0 aromatic heterocycles. The van der Waals surface area contributed by atoms with Crippen LogP contribution in [0.4, 0.5) is 0 Å². The lowest BCUT2D eigenvalue weighted by molar-refractivity contribution is -0.129. The van der Waals surface area contributed by atoms with E-state index >= 15 is 0 Å². The van der Waals surface area contributed by atoms with Gasteiger partial charge in [-0.2, -0.15) is 0 Å². The molecule has 0 saturated carbocycles. The zero-order chi connectivity index (χ0) is 14.6. The summed E-state index contributed by atoms with van der Waals surface area (Å²) in [6.45, 7) is 2.39. The van der Waals surface area contributed by atoms with Crippen LogP contribution >= 0.6 is 34.2 Å². The Bertz CT molecular complexity index is 492. The summed E-state index contributed by atoms with van der Waals surface area (Å²) in [7, 11) is 3.34. The summed E-state index contributed by atoms with van der Waals surface area (Å²) in [6.07, 6.45) is 0. The fourth-order valence-electron chi connectivity index (χ4n) is 1.46. The van der Waals surface area contributed by atoms with Crippen molar-refractivity contribution in [2.24, 2.45) is 0 Å². The van der Waals surface area contributed by atoms with E-state index in [9.17, 15) is 9.59 Å². The molecule has 0 atom stereocenters. The van der Waals surface area contributed by atoms with E-state index in [1.54, 1.807) is 32.3 Å². The quantitative estimate of drug-likeness (QED) is 0.736. The first-order valence-electron chi connectivity index (χ1n) is 5.81. The predicted molar refractivity (Wildman–Crippen MR) is 84.4 cm³/mol. The minimum absolute atomic E-state index is 0.0743. The van der Waals surface area contributed by atoms with Crippen LogP contribution in [0.25, 0.3) is 0 Å². The second kappa shape index (κ2) is 7.09. The first-order chi connectivity index (χ1) is 8.86. The van der Waals surface area contributed by atoms with Gasteiger partial charge in [0.2, 0.25) is 5.91 Å². The van der Waals surface area contributed by atoms with Crippen LogP contribution in [0.1, 0.15) is 17.3 Å². The van der Waals surface area contributed by atoms with Gasteiger partial charge in [0.1, 0.15) is 0 Å². The Morgan fingerprint density at radius 2 is 1.95 bits per heavy atom. The number of likely N-dealkylation sites (N-methyl/N-ethyl adjacent to an activating group) is 2. The number of carbonyl (C=O) groups is 2. The van der Waals surface area contributed by atoms with Gasteiger partial charge < -0.3 is 9.80 Å². The molecule has 0 saturated heterocycles. The summed E-state index contributed by atoms with van der Waals surface area (Å²) in [5.74, 6) is -0.281. The van der Waals surface area contributed by atoms with Gasteiger partial charge in [-0.05, 0) is 47.7 Å². The molecular weight excluding hydrogens is 379 g/mol. The number of hydrogen-bond donors (Lipinski definition) is 0. The minimum atomic E-state index is -0.176. The van der Waals surface area contributed by atoms with E-state index in [2.05, 4.69) is 22.6 Å². The van der Waals surface area contributed by atoms with Crippen LogP contribution in [0, 0.1) is 3.57 Å². The Kier molecular flexibility index (Phi) is 6.06. The van der Waals surface area contributed by atoms with Crippen molar-refractivity contribution in [3.05, 3.63) is 32.4 Å². The maximum atomic E-state index is 12.4. The standard InChI is InChI=1S/C13H16ClIN2O2/c1-4-17(8-12(18)16(2)3)13(19)10-7-9(14)5-6-11(10)15/h5-7H,4,8H2,1-3H3. The Morgan fingerprint density at radius 1 is 1.32 bits per heavy atom. The maximum absolute atomic E-state index is 12.4. The molecule has 104 valence electrons. The SMILES string of the molecule is CCN(CC(=O)N(C)C)C(=O)c1cc(Cl)ccc1I. The molecule has 0 heterocycles. The third-order valence-corrected chi connectivity index (χ3v) is 3.83. The molecule has 2 amide bonds. The number of carbonyl (C=O) groups excluding carboxylic acids is 2. The van der Waals surface area contributed by atoms with Crippen LogP contribution in [0.5, 0.6) is 0 Å². The highest BCUT2D eigenvalue weighted by Gasteiger charge is 2.20. The summed E-state index contributed by atoms with van der Waals surface area (Å²) in [5.41, 5.74) is 0.529. The summed E-state index contributed by atoms with van der Waals surface area (Å²) in [6, 6.07) is 5.16. The lowest BCUT2D eigenvalue weighted by Crippen LogP contribution is -2.40. The molecule has 0 unspecified atom stereocenters. The monoisotopic (exact) mass is 394 g/mol. The average Bonchev–Trinajstić information content (AvgIpc) is 2.37. The smallest absolute Gasteiger partial charge is 0.255 e. The predicted octanol–water partition coefficient (Wildman–Crippen LogP) is 2.49. The minimum Gasteiger partial charge on any atom is -0.347 e. The van der Waals surface area contributed by atoms with E-state index in [0.29, 0.717) is 17.1 Å². The van der Waals surface area contributed by atoms with E-state index < -0.39 is 0 Å². The molecule has 0 spiro atoms. The first kappa shape index (κ1) is 16.2. The molecule has 0 aliphatic rings. The van der Waals surface area contributed by atoms with Crippen LogP contribution in [0.3, 0.4) is 0 Å². The van der Waals surface area contributed by atoms with Crippen molar-refractivity contribution in [2.45, 2.75) is 6.92 Å². The molecule has 4 nitrogen and oxygen atoms in total. The highest BCUT2D eigenvalue weighted by atomic mass is 127. The van der Waals surface area contributed by atoms with Gasteiger partial charge in [-0.1, -0.05) is 11.6 Å². The maximum Gasteiger partial charge on any atom is 0.255 e. The lowest BCUT2D eigenvalue weighted by atomic mass is 10.2. The fraction of sp³-hybridized carbons (Fsp3) is 0.385. The highest BCUT2D eigenvalue weighted by Crippen LogP contribution is 2.19. The van der Waals surface area contributed by atoms with Gasteiger partial charge in [-0.3, -0.25) is 9.59 Å². The summed E-state index contributed by atoms with van der Waals surface area (Å²) >= 11 is 8.00. The summed E-state index contributed by atoms with van der Waals surface area (Å²) in [5, 5.41) is 0.513. The van der Waals surface area contributed by atoms with Gasteiger partial charge in [0.05, 0.1) is 12.1 Å². The third-order valence-electron chi connectivity index (χ3n) is 2.65. The lowest BCUT2D eigenvalue weighted by Gasteiger charge is -2.22. The first-order valence-corrected chi connectivity index (χ1v) is 7.27. The molecule has 0 aliphatic carbocycles.